The Morgan fingerprint density at radius 1 is 1.33 bits per heavy atom. The Morgan fingerprint density at radius 3 is 2.50 bits per heavy atom. The van der Waals surface area contributed by atoms with Crippen LogP contribution in [-0.4, -0.2) is 37.2 Å². The fraction of sp³-hybridized carbons (Fsp3) is 0.462. The highest BCUT2D eigenvalue weighted by Crippen LogP contribution is 2.15. The van der Waals surface area contributed by atoms with Crippen molar-refractivity contribution in [2.45, 2.75) is 13.0 Å². The predicted molar refractivity (Wildman–Crippen MR) is 82.2 cm³/mol. The molecule has 0 unspecified atom stereocenters. The topological polar surface area (TPSA) is 27.3 Å². The lowest BCUT2D eigenvalue weighted by molar-refractivity contribution is 0.412. The van der Waals surface area contributed by atoms with Crippen LogP contribution in [0.5, 0.6) is 0 Å². The second kappa shape index (κ2) is 7.56. The second-order valence-corrected chi connectivity index (χ2v) is 5.32. The van der Waals surface area contributed by atoms with Gasteiger partial charge in [0.2, 0.25) is 0 Å². The number of rotatable bonds is 5. The number of hydrogen-bond donors (Lipinski definition) is 2. The van der Waals surface area contributed by atoms with E-state index in [0.717, 1.165) is 23.7 Å². The van der Waals surface area contributed by atoms with Crippen molar-refractivity contribution < 1.29 is 0 Å². The average Bonchev–Trinajstić information content (AvgIpc) is 2.29. The van der Waals surface area contributed by atoms with E-state index in [1.807, 2.05) is 38.4 Å². The molecule has 0 aliphatic rings. The lowest BCUT2D eigenvalue weighted by atomic mass is 10.1. The van der Waals surface area contributed by atoms with Gasteiger partial charge < -0.3 is 15.5 Å². The van der Waals surface area contributed by atoms with Crippen LogP contribution in [0.1, 0.15) is 18.5 Å². The highest BCUT2D eigenvalue weighted by molar-refractivity contribution is 7.80. The van der Waals surface area contributed by atoms with Crippen molar-refractivity contribution in [2.24, 2.45) is 0 Å². The molecule has 0 aromatic heterocycles. The third-order valence-corrected chi connectivity index (χ3v) is 3.08. The van der Waals surface area contributed by atoms with Gasteiger partial charge in [0.1, 0.15) is 0 Å². The molecule has 0 fully saturated rings. The van der Waals surface area contributed by atoms with Gasteiger partial charge in [-0.1, -0.05) is 23.7 Å². The molecule has 5 heteroatoms. The lowest BCUT2D eigenvalue weighted by Gasteiger charge is -2.18. The van der Waals surface area contributed by atoms with Gasteiger partial charge >= 0.3 is 0 Å². The quantitative estimate of drug-likeness (QED) is 0.813. The average molecular weight is 286 g/mol. The summed E-state index contributed by atoms with van der Waals surface area (Å²) in [5.41, 5.74) is 1.16. The number of hydrogen-bond acceptors (Lipinski definition) is 2. The summed E-state index contributed by atoms with van der Waals surface area (Å²) in [5, 5.41) is 7.85. The maximum Gasteiger partial charge on any atom is 0.166 e. The molecule has 18 heavy (non-hydrogen) atoms. The summed E-state index contributed by atoms with van der Waals surface area (Å²) in [7, 11) is 4.07. The van der Waals surface area contributed by atoms with Crippen LogP contribution < -0.4 is 10.6 Å². The summed E-state index contributed by atoms with van der Waals surface area (Å²) in [4.78, 5) is 2.11. The monoisotopic (exact) mass is 285 g/mol. The molecule has 3 nitrogen and oxygen atoms in total. The molecule has 0 spiro atoms. The Bertz CT molecular complexity index is 378. The van der Waals surface area contributed by atoms with Crippen molar-refractivity contribution in [3.05, 3.63) is 34.9 Å². The zero-order valence-corrected chi connectivity index (χ0v) is 12.6. The molecular formula is C13H20ClN3S. The van der Waals surface area contributed by atoms with Crippen molar-refractivity contribution in [3.63, 3.8) is 0 Å². The van der Waals surface area contributed by atoms with Crippen LogP contribution in [0.2, 0.25) is 5.02 Å². The number of thiocarbonyl (C=S) groups is 1. The van der Waals surface area contributed by atoms with E-state index in [9.17, 15) is 0 Å². The van der Waals surface area contributed by atoms with Crippen LogP contribution in [0.25, 0.3) is 0 Å². The number of likely N-dealkylation sites (N-methyl/N-ethyl adjacent to an activating group) is 1. The van der Waals surface area contributed by atoms with Gasteiger partial charge in [0.25, 0.3) is 0 Å². The number of halogens is 1. The predicted octanol–water partition coefficient (Wildman–Crippen LogP) is 2.43. The van der Waals surface area contributed by atoms with Gasteiger partial charge in [-0.15, -0.1) is 0 Å². The molecule has 1 rings (SSSR count). The Hall–Kier alpha value is -0.840. The summed E-state index contributed by atoms with van der Waals surface area (Å²) in [6.45, 7) is 3.87. The normalized spacial score (nSPS) is 12.3. The van der Waals surface area contributed by atoms with Gasteiger partial charge in [-0.25, -0.2) is 0 Å². The zero-order chi connectivity index (χ0) is 13.5. The summed E-state index contributed by atoms with van der Waals surface area (Å²) in [6, 6.07) is 7.95. The molecule has 0 bridgehead atoms. The molecule has 100 valence electrons. The van der Waals surface area contributed by atoms with Crippen LogP contribution in [0.4, 0.5) is 0 Å². The third kappa shape index (κ3) is 5.67. The van der Waals surface area contributed by atoms with Gasteiger partial charge in [0.15, 0.2) is 5.11 Å². The molecular weight excluding hydrogens is 266 g/mol. The molecule has 2 N–H and O–H groups in total. The molecule has 1 atom stereocenters. The number of benzene rings is 1. The first-order valence-electron chi connectivity index (χ1n) is 5.93. The Morgan fingerprint density at radius 2 is 1.94 bits per heavy atom. The van der Waals surface area contributed by atoms with Crippen molar-refractivity contribution in [3.8, 4) is 0 Å². The number of nitrogens with one attached hydrogen (secondary N) is 2. The van der Waals surface area contributed by atoms with Crippen LogP contribution in [-0.2, 0) is 0 Å². The molecule has 0 saturated carbocycles. The first-order valence-corrected chi connectivity index (χ1v) is 6.72. The molecule has 0 amide bonds. The first-order chi connectivity index (χ1) is 8.49. The van der Waals surface area contributed by atoms with E-state index >= 15 is 0 Å². The van der Waals surface area contributed by atoms with Crippen LogP contribution in [0.15, 0.2) is 24.3 Å². The molecule has 0 saturated heterocycles. The summed E-state index contributed by atoms with van der Waals surface area (Å²) < 4.78 is 0. The highest BCUT2D eigenvalue weighted by atomic mass is 35.5. The highest BCUT2D eigenvalue weighted by Gasteiger charge is 2.06. The van der Waals surface area contributed by atoms with Crippen molar-refractivity contribution in [1.29, 1.82) is 0 Å². The molecule has 0 radical (unpaired) electrons. The Balaban J connectivity index is 2.37. The molecule has 0 aliphatic carbocycles. The maximum atomic E-state index is 5.86. The fourth-order valence-corrected chi connectivity index (χ4v) is 1.88. The summed E-state index contributed by atoms with van der Waals surface area (Å²) >= 11 is 11.1. The van der Waals surface area contributed by atoms with Gasteiger partial charge in [-0.05, 0) is 50.9 Å². The van der Waals surface area contributed by atoms with Crippen molar-refractivity contribution >= 4 is 28.9 Å². The molecule has 1 aromatic carbocycles. The van der Waals surface area contributed by atoms with E-state index in [2.05, 4.69) is 22.5 Å². The fourth-order valence-electron chi connectivity index (χ4n) is 1.48. The zero-order valence-electron chi connectivity index (χ0n) is 11.0. The lowest BCUT2D eigenvalue weighted by Crippen LogP contribution is -2.39. The van der Waals surface area contributed by atoms with E-state index in [1.165, 1.54) is 0 Å². The Kier molecular flexibility index (Phi) is 6.39. The van der Waals surface area contributed by atoms with Gasteiger partial charge in [-0.2, -0.15) is 0 Å². The van der Waals surface area contributed by atoms with Gasteiger partial charge in [0, 0.05) is 18.1 Å². The minimum atomic E-state index is 0.168. The van der Waals surface area contributed by atoms with E-state index in [1.54, 1.807) is 0 Å². The van der Waals surface area contributed by atoms with E-state index in [4.69, 9.17) is 23.8 Å². The largest absolute Gasteiger partial charge is 0.361 e. The standard InChI is InChI=1S/C13H20ClN3S/c1-10(11-4-6-12(14)7-5-11)16-13(18)15-8-9-17(2)3/h4-7,10H,8-9H2,1-3H3,(H2,15,16,18)/t10-/m1/s1. The van der Waals surface area contributed by atoms with Crippen LogP contribution >= 0.6 is 23.8 Å². The molecule has 0 aliphatic heterocycles. The number of nitrogens with zero attached hydrogens (tertiary/aromatic N) is 1. The molecule has 0 heterocycles. The van der Waals surface area contributed by atoms with Gasteiger partial charge in [0.05, 0.1) is 6.04 Å². The van der Waals surface area contributed by atoms with Gasteiger partial charge in [-0.3, -0.25) is 0 Å². The minimum absolute atomic E-state index is 0.168. The van der Waals surface area contributed by atoms with Crippen molar-refractivity contribution in [2.75, 3.05) is 27.2 Å². The maximum absolute atomic E-state index is 5.86. The Labute approximate surface area is 120 Å². The summed E-state index contributed by atoms with van der Waals surface area (Å²) in [6.07, 6.45) is 0. The van der Waals surface area contributed by atoms with E-state index in [-0.39, 0.29) is 6.04 Å². The first kappa shape index (κ1) is 15.2. The van der Waals surface area contributed by atoms with E-state index in [0.29, 0.717) is 5.11 Å². The van der Waals surface area contributed by atoms with E-state index < -0.39 is 0 Å². The minimum Gasteiger partial charge on any atom is -0.361 e. The second-order valence-electron chi connectivity index (χ2n) is 4.48. The third-order valence-electron chi connectivity index (χ3n) is 2.56. The van der Waals surface area contributed by atoms with Crippen LogP contribution in [0, 0.1) is 0 Å². The SMILES string of the molecule is C[C@@H](NC(=S)NCCN(C)C)c1ccc(Cl)cc1. The smallest absolute Gasteiger partial charge is 0.166 e. The van der Waals surface area contributed by atoms with Crippen molar-refractivity contribution in [1.82, 2.24) is 15.5 Å². The van der Waals surface area contributed by atoms with Crippen LogP contribution in [0.3, 0.4) is 0 Å². The molecule has 1 aromatic rings. The summed E-state index contributed by atoms with van der Waals surface area (Å²) in [5.74, 6) is 0.